The zero-order chi connectivity index (χ0) is 22.7. The third kappa shape index (κ3) is 7.06. The van der Waals surface area contributed by atoms with Gasteiger partial charge in [0, 0.05) is 19.6 Å². The first-order valence-corrected chi connectivity index (χ1v) is 12.1. The lowest BCUT2D eigenvalue weighted by atomic mass is 10.0. The molecule has 0 heterocycles. The Morgan fingerprint density at radius 2 is 1.52 bits per heavy atom. The molecule has 2 aromatic carbocycles. The van der Waals surface area contributed by atoms with Gasteiger partial charge in [-0.2, -0.15) is 4.31 Å². The Labute approximate surface area is 187 Å². The third-order valence-corrected chi connectivity index (χ3v) is 7.13. The molecule has 0 radical (unpaired) electrons. The summed E-state index contributed by atoms with van der Waals surface area (Å²) in [7, 11) is -2.04. The van der Waals surface area contributed by atoms with E-state index in [1.54, 1.807) is 35.7 Å². The molecular formula is C25H34N2O3S. The molecule has 0 aromatic heterocycles. The van der Waals surface area contributed by atoms with Crippen LogP contribution in [0.4, 0.5) is 0 Å². The van der Waals surface area contributed by atoms with Crippen molar-refractivity contribution in [2.75, 3.05) is 39.8 Å². The van der Waals surface area contributed by atoms with E-state index in [1.807, 2.05) is 55.5 Å². The summed E-state index contributed by atoms with van der Waals surface area (Å²) in [6.45, 7) is 9.16. The van der Waals surface area contributed by atoms with Gasteiger partial charge in [0.1, 0.15) is 5.76 Å². The summed E-state index contributed by atoms with van der Waals surface area (Å²) in [4.78, 5) is 2.53. The normalized spacial score (nSPS) is 13.1. The molecule has 0 N–H and O–H groups in total. The van der Waals surface area contributed by atoms with Crippen LogP contribution in [0.3, 0.4) is 0 Å². The molecule has 6 heteroatoms. The monoisotopic (exact) mass is 442 g/mol. The van der Waals surface area contributed by atoms with Crippen LogP contribution in [0.5, 0.6) is 0 Å². The molecule has 0 aliphatic heterocycles. The van der Waals surface area contributed by atoms with Crippen LogP contribution in [0, 0.1) is 0 Å². The highest BCUT2D eigenvalue weighted by Gasteiger charge is 2.26. The Morgan fingerprint density at radius 1 is 0.935 bits per heavy atom. The van der Waals surface area contributed by atoms with Crippen molar-refractivity contribution in [2.45, 2.75) is 25.7 Å². The van der Waals surface area contributed by atoms with Crippen LogP contribution in [-0.2, 0) is 14.8 Å². The highest BCUT2D eigenvalue weighted by atomic mass is 32.2. The van der Waals surface area contributed by atoms with Gasteiger partial charge in [-0.1, -0.05) is 62.4 Å². The standard InChI is InChI=1S/C25H34N2O3S/c1-5-24(30-4)20-23(22-14-10-8-11-15-22)21-27(19-18-26(6-2)7-3)31(28,29)25-16-12-9-13-17-25/h5,8-17,20H,6-7,18-19,21H2,1-4H3/b23-20+,24-5+. The first kappa shape index (κ1) is 24.9. The third-order valence-electron chi connectivity index (χ3n) is 5.27. The first-order chi connectivity index (χ1) is 15.0. The molecule has 0 amide bonds. The fourth-order valence-electron chi connectivity index (χ4n) is 3.31. The molecule has 0 fully saturated rings. The molecule has 0 saturated carbocycles. The van der Waals surface area contributed by atoms with Crippen molar-refractivity contribution >= 4 is 15.6 Å². The van der Waals surface area contributed by atoms with Crippen LogP contribution in [0.2, 0.25) is 0 Å². The molecule has 2 aromatic rings. The topological polar surface area (TPSA) is 49.9 Å². The maximum Gasteiger partial charge on any atom is 0.243 e. The number of sulfonamides is 1. The fourth-order valence-corrected chi connectivity index (χ4v) is 4.74. The van der Waals surface area contributed by atoms with E-state index in [1.165, 1.54) is 0 Å². The molecule has 5 nitrogen and oxygen atoms in total. The lowest BCUT2D eigenvalue weighted by Crippen LogP contribution is -2.39. The molecule has 2 rings (SSSR count). The van der Waals surface area contributed by atoms with Crippen LogP contribution in [0.15, 0.2) is 83.5 Å². The van der Waals surface area contributed by atoms with Crippen molar-refractivity contribution in [3.05, 3.63) is 84.1 Å². The second-order valence-corrected chi connectivity index (χ2v) is 9.05. The molecule has 0 aliphatic carbocycles. The second-order valence-electron chi connectivity index (χ2n) is 7.11. The van der Waals surface area contributed by atoms with Gasteiger partial charge in [0.05, 0.1) is 12.0 Å². The summed E-state index contributed by atoms with van der Waals surface area (Å²) in [6, 6.07) is 18.5. The second kappa shape index (κ2) is 12.4. The van der Waals surface area contributed by atoms with Crippen LogP contribution in [0.1, 0.15) is 26.3 Å². The average molecular weight is 443 g/mol. The highest BCUT2D eigenvalue weighted by Crippen LogP contribution is 2.23. The van der Waals surface area contributed by atoms with Crippen LogP contribution in [0.25, 0.3) is 5.57 Å². The number of ether oxygens (including phenoxy) is 1. The zero-order valence-electron chi connectivity index (χ0n) is 19.0. The number of rotatable bonds is 12. The minimum absolute atomic E-state index is 0.253. The Hall–Kier alpha value is -2.41. The number of allylic oxidation sites excluding steroid dienone is 2. The highest BCUT2D eigenvalue weighted by molar-refractivity contribution is 7.89. The summed E-state index contributed by atoms with van der Waals surface area (Å²) < 4.78 is 34.1. The van der Waals surface area contributed by atoms with E-state index in [0.29, 0.717) is 23.7 Å². The summed E-state index contributed by atoms with van der Waals surface area (Å²) in [5.41, 5.74) is 1.85. The Balaban J connectivity index is 2.47. The summed E-state index contributed by atoms with van der Waals surface area (Å²) in [5.74, 6) is 0.694. The fraction of sp³-hybridized carbons (Fsp3) is 0.360. The van der Waals surface area contributed by atoms with E-state index in [-0.39, 0.29) is 6.54 Å². The van der Waals surface area contributed by atoms with Crippen LogP contribution < -0.4 is 0 Å². The number of hydrogen-bond acceptors (Lipinski definition) is 4. The SMILES string of the molecule is C/C=C(\C=C(/CN(CCN(CC)CC)S(=O)(=O)c1ccccc1)c1ccccc1)OC. The van der Waals surface area contributed by atoms with Crippen molar-refractivity contribution in [1.82, 2.24) is 9.21 Å². The van der Waals surface area contributed by atoms with Gasteiger partial charge in [0.25, 0.3) is 0 Å². The van der Waals surface area contributed by atoms with Crippen molar-refractivity contribution in [3.8, 4) is 0 Å². The predicted octanol–water partition coefficient (Wildman–Crippen LogP) is 4.65. The molecule has 168 valence electrons. The van der Waals surface area contributed by atoms with Gasteiger partial charge in [0.2, 0.25) is 10.0 Å². The van der Waals surface area contributed by atoms with Gasteiger partial charge in [-0.25, -0.2) is 8.42 Å². The largest absolute Gasteiger partial charge is 0.497 e. The van der Waals surface area contributed by atoms with E-state index in [2.05, 4.69) is 18.7 Å². The molecule has 0 saturated heterocycles. The average Bonchev–Trinajstić information content (AvgIpc) is 2.82. The van der Waals surface area contributed by atoms with Crippen LogP contribution in [-0.4, -0.2) is 57.5 Å². The van der Waals surface area contributed by atoms with E-state index in [4.69, 9.17) is 4.74 Å². The van der Waals surface area contributed by atoms with Gasteiger partial charge in [0.15, 0.2) is 0 Å². The minimum atomic E-state index is -3.66. The predicted molar refractivity (Wildman–Crippen MR) is 128 cm³/mol. The van der Waals surface area contributed by atoms with E-state index < -0.39 is 10.0 Å². The molecule has 31 heavy (non-hydrogen) atoms. The van der Waals surface area contributed by atoms with Crippen molar-refractivity contribution < 1.29 is 13.2 Å². The summed E-state index contributed by atoms with van der Waals surface area (Å²) in [5, 5.41) is 0. The Bertz CT molecular complexity index is 951. The van der Waals surface area contributed by atoms with E-state index in [9.17, 15) is 8.42 Å². The van der Waals surface area contributed by atoms with Crippen LogP contribution >= 0.6 is 0 Å². The Morgan fingerprint density at radius 3 is 2.03 bits per heavy atom. The smallest absolute Gasteiger partial charge is 0.243 e. The lowest BCUT2D eigenvalue weighted by molar-refractivity contribution is 0.277. The summed E-state index contributed by atoms with van der Waals surface area (Å²) >= 11 is 0. The number of methoxy groups -OCH3 is 1. The van der Waals surface area contributed by atoms with Gasteiger partial charge in [-0.05, 0) is 55.4 Å². The van der Waals surface area contributed by atoms with Crippen molar-refractivity contribution in [3.63, 3.8) is 0 Å². The Kier molecular flexibility index (Phi) is 9.98. The van der Waals surface area contributed by atoms with E-state index in [0.717, 1.165) is 24.2 Å². The maximum absolute atomic E-state index is 13.5. The summed E-state index contributed by atoms with van der Waals surface area (Å²) in [6.07, 6.45) is 3.79. The molecule has 0 unspecified atom stereocenters. The molecule has 0 aliphatic rings. The molecule has 0 spiro atoms. The number of likely N-dealkylation sites (N-methyl/N-ethyl adjacent to an activating group) is 1. The van der Waals surface area contributed by atoms with Crippen molar-refractivity contribution in [1.29, 1.82) is 0 Å². The van der Waals surface area contributed by atoms with Gasteiger partial charge < -0.3 is 9.64 Å². The minimum Gasteiger partial charge on any atom is -0.497 e. The van der Waals surface area contributed by atoms with Gasteiger partial charge in [-0.3, -0.25) is 0 Å². The molecule has 0 bridgehead atoms. The first-order valence-electron chi connectivity index (χ1n) is 10.7. The zero-order valence-corrected chi connectivity index (χ0v) is 19.8. The maximum atomic E-state index is 13.5. The molecule has 0 atom stereocenters. The molecular weight excluding hydrogens is 408 g/mol. The number of nitrogens with zero attached hydrogens (tertiary/aromatic N) is 2. The van der Waals surface area contributed by atoms with Crippen molar-refractivity contribution in [2.24, 2.45) is 0 Å². The number of hydrogen-bond donors (Lipinski definition) is 0. The quantitative estimate of drug-likeness (QED) is 0.355. The van der Waals surface area contributed by atoms with E-state index >= 15 is 0 Å². The van der Waals surface area contributed by atoms with Gasteiger partial charge in [-0.15, -0.1) is 0 Å². The van der Waals surface area contributed by atoms with Gasteiger partial charge >= 0.3 is 0 Å². The number of benzene rings is 2. The lowest BCUT2D eigenvalue weighted by Gasteiger charge is -2.27.